The summed E-state index contributed by atoms with van der Waals surface area (Å²) in [4.78, 5) is 7.12. The summed E-state index contributed by atoms with van der Waals surface area (Å²) in [5, 5.41) is 10.8. The summed E-state index contributed by atoms with van der Waals surface area (Å²) >= 11 is 0. The molecule has 0 bridgehead atoms. The van der Waals surface area contributed by atoms with Gasteiger partial charge in [0.05, 0.1) is 18.0 Å². The third-order valence-electron chi connectivity index (χ3n) is 7.85. The van der Waals surface area contributed by atoms with Crippen molar-refractivity contribution in [3.05, 3.63) is 73.3 Å². The lowest BCUT2D eigenvalue weighted by Crippen LogP contribution is -2.57. The summed E-state index contributed by atoms with van der Waals surface area (Å²) in [7, 11) is 2.69. The third kappa shape index (κ3) is 4.14. The van der Waals surface area contributed by atoms with Gasteiger partial charge < -0.3 is 13.6 Å². The summed E-state index contributed by atoms with van der Waals surface area (Å²) in [6.07, 6.45) is 13.2. The Morgan fingerprint density at radius 2 is 1.86 bits per heavy atom. The van der Waals surface area contributed by atoms with Gasteiger partial charge >= 0.3 is 0 Å². The quantitative estimate of drug-likeness (QED) is 0.342. The van der Waals surface area contributed by atoms with E-state index in [1.807, 2.05) is 47.1 Å². The summed E-state index contributed by atoms with van der Waals surface area (Å²) in [5.74, 6) is 0.965. The number of pyridine rings is 1. The number of nitriles is 1. The number of rotatable bonds is 6. The fourth-order valence-corrected chi connectivity index (χ4v) is 6.17. The maximum absolute atomic E-state index is 9.66. The van der Waals surface area contributed by atoms with E-state index in [2.05, 4.69) is 60.5 Å². The van der Waals surface area contributed by atoms with Crippen LogP contribution in [0, 0.1) is 11.3 Å². The van der Waals surface area contributed by atoms with Gasteiger partial charge in [-0.25, -0.2) is 4.98 Å². The molecular formula is C28H30N5OP. The number of hydrogen-bond acceptors (Lipinski definition) is 4. The van der Waals surface area contributed by atoms with Gasteiger partial charge in [0.25, 0.3) is 0 Å². The number of benzene rings is 1. The predicted molar refractivity (Wildman–Crippen MR) is 141 cm³/mol. The molecule has 1 unspecified atom stereocenters. The van der Waals surface area contributed by atoms with E-state index in [-0.39, 0.29) is 11.6 Å². The first kappa shape index (κ1) is 22.3. The molecule has 35 heavy (non-hydrogen) atoms. The highest BCUT2D eigenvalue weighted by Gasteiger charge is 2.48. The zero-order chi connectivity index (χ0) is 23.8. The largest absolute Gasteiger partial charge is 0.490 e. The fraction of sp³-hybridized carbons (Fsp3) is 0.357. The van der Waals surface area contributed by atoms with E-state index >= 15 is 0 Å². The van der Waals surface area contributed by atoms with Gasteiger partial charge in [-0.2, -0.15) is 5.26 Å². The maximum Gasteiger partial charge on any atom is 0.143 e. The molecule has 0 amide bonds. The van der Waals surface area contributed by atoms with E-state index in [0.717, 1.165) is 55.6 Å². The smallest absolute Gasteiger partial charge is 0.143 e. The number of piperidine rings is 1. The average molecular weight is 484 g/mol. The van der Waals surface area contributed by atoms with Crippen molar-refractivity contribution in [2.45, 2.75) is 49.8 Å². The zero-order valence-electron chi connectivity index (χ0n) is 19.8. The zero-order valence-corrected chi connectivity index (χ0v) is 20.9. The second-order valence-corrected chi connectivity index (χ2v) is 10.5. The molecule has 2 fully saturated rings. The number of hydrogen-bond donors (Lipinski definition) is 0. The Hall–Kier alpha value is -3.13. The molecule has 3 aromatic heterocycles. The van der Waals surface area contributed by atoms with Gasteiger partial charge in [-0.15, -0.1) is 0 Å². The Bertz CT molecular complexity index is 1360. The normalized spacial score (nSPS) is 23.1. The van der Waals surface area contributed by atoms with Crippen LogP contribution in [0.5, 0.6) is 5.75 Å². The second kappa shape index (κ2) is 9.15. The van der Waals surface area contributed by atoms with Crippen LogP contribution in [-0.4, -0.2) is 44.0 Å². The van der Waals surface area contributed by atoms with E-state index < -0.39 is 0 Å². The Morgan fingerprint density at radius 3 is 2.63 bits per heavy atom. The molecule has 0 radical (unpaired) electrons. The molecule has 0 spiro atoms. The molecule has 1 atom stereocenters. The van der Waals surface area contributed by atoms with Crippen LogP contribution in [0.15, 0.2) is 73.3 Å². The van der Waals surface area contributed by atoms with E-state index in [9.17, 15) is 5.26 Å². The lowest BCUT2D eigenvalue weighted by Gasteiger charge is -2.53. The van der Waals surface area contributed by atoms with E-state index in [0.29, 0.717) is 12.5 Å². The second-order valence-electron chi connectivity index (χ2n) is 9.91. The molecule has 7 heteroatoms. The Balaban J connectivity index is 1.13. The summed E-state index contributed by atoms with van der Waals surface area (Å²) in [5.41, 5.74) is 3.19. The first-order chi connectivity index (χ1) is 17.1. The van der Waals surface area contributed by atoms with Gasteiger partial charge in [0, 0.05) is 54.9 Å². The predicted octanol–water partition coefficient (Wildman–Crippen LogP) is 5.46. The molecule has 0 N–H and O–H groups in total. The highest BCUT2D eigenvalue weighted by molar-refractivity contribution is 7.14. The topological polar surface area (TPSA) is 59.0 Å². The Kier molecular flexibility index (Phi) is 5.84. The molecule has 1 aromatic carbocycles. The minimum atomic E-state index is -0.117. The molecule has 4 aromatic rings. The molecule has 6 rings (SSSR count). The standard InChI is InChI=1S/C28H30N5OP/c29-12-11-28(32-16-7-21(20-32)25-6-13-30-27-26(25)10-17-33(27)35)18-22(19-28)31-14-8-24(9-15-31)34-23-4-2-1-3-5-23/h1-7,10,13,16-17,20,22,24H,8-9,11,14-15,18-19,35H2/t22-,28+. The molecule has 1 saturated heterocycles. The van der Waals surface area contributed by atoms with Crippen molar-refractivity contribution in [2.75, 3.05) is 13.1 Å². The molecule has 4 heterocycles. The van der Waals surface area contributed by atoms with Crippen LogP contribution < -0.4 is 4.74 Å². The number of nitrogens with zero attached hydrogens (tertiary/aromatic N) is 5. The Labute approximate surface area is 208 Å². The molecular weight excluding hydrogens is 453 g/mol. The summed E-state index contributed by atoms with van der Waals surface area (Å²) < 4.78 is 10.5. The van der Waals surface area contributed by atoms with Crippen molar-refractivity contribution < 1.29 is 4.74 Å². The van der Waals surface area contributed by atoms with Crippen molar-refractivity contribution in [3.63, 3.8) is 0 Å². The first-order valence-electron chi connectivity index (χ1n) is 12.4. The summed E-state index contributed by atoms with van der Waals surface area (Å²) in [6, 6.07) is 19.5. The van der Waals surface area contributed by atoms with Gasteiger partial charge in [0.15, 0.2) is 0 Å². The fourth-order valence-electron chi connectivity index (χ4n) is 5.88. The van der Waals surface area contributed by atoms with E-state index in [1.165, 1.54) is 11.1 Å². The van der Waals surface area contributed by atoms with Crippen LogP contribution >= 0.6 is 9.39 Å². The molecule has 6 nitrogen and oxygen atoms in total. The first-order valence-corrected chi connectivity index (χ1v) is 12.9. The van der Waals surface area contributed by atoms with Crippen LogP contribution in [0.1, 0.15) is 32.1 Å². The lowest BCUT2D eigenvalue weighted by molar-refractivity contribution is -0.0151. The van der Waals surface area contributed by atoms with Gasteiger partial charge in [-0.3, -0.25) is 4.90 Å². The van der Waals surface area contributed by atoms with Gasteiger partial charge in [-0.05, 0) is 71.0 Å². The van der Waals surface area contributed by atoms with E-state index in [4.69, 9.17) is 4.74 Å². The highest BCUT2D eigenvalue weighted by Crippen LogP contribution is 2.46. The van der Waals surface area contributed by atoms with Crippen LogP contribution in [0.25, 0.3) is 22.2 Å². The van der Waals surface area contributed by atoms with Crippen molar-refractivity contribution >= 4 is 20.4 Å². The SMILES string of the molecule is N#CC[C@]1(n2ccc(-c3ccnc4c3ccn4P)c2)C[C@@H](N2CCC(Oc3ccccc3)CC2)C1. The minimum Gasteiger partial charge on any atom is -0.490 e. The van der Waals surface area contributed by atoms with Crippen LogP contribution in [0.3, 0.4) is 0 Å². The molecule has 1 aliphatic heterocycles. The molecule has 1 aliphatic carbocycles. The molecule has 2 aliphatic rings. The van der Waals surface area contributed by atoms with Crippen LogP contribution in [-0.2, 0) is 5.54 Å². The third-order valence-corrected chi connectivity index (χ3v) is 8.26. The number of para-hydroxylation sites is 1. The van der Waals surface area contributed by atoms with E-state index in [1.54, 1.807) is 0 Å². The number of ether oxygens (including phenoxy) is 1. The number of fused-ring (bicyclic) bond motifs is 1. The van der Waals surface area contributed by atoms with Gasteiger partial charge in [0.2, 0.25) is 0 Å². The van der Waals surface area contributed by atoms with Gasteiger partial charge in [-0.1, -0.05) is 18.2 Å². The van der Waals surface area contributed by atoms with Gasteiger partial charge in [0.1, 0.15) is 17.5 Å². The highest BCUT2D eigenvalue weighted by atomic mass is 31.0. The number of aromatic nitrogens is 3. The maximum atomic E-state index is 9.66. The van der Waals surface area contributed by atoms with Crippen molar-refractivity contribution in [3.8, 4) is 22.9 Å². The van der Waals surface area contributed by atoms with Crippen molar-refractivity contribution in [2.24, 2.45) is 0 Å². The minimum absolute atomic E-state index is 0.117. The number of likely N-dealkylation sites (tertiary alicyclic amines) is 1. The summed E-state index contributed by atoms with van der Waals surface area (Å²) in [6.45, 7) is 2.12. The average Bonchev–Trinajstić information content (AvgIpc) is 3.50. The molecule has 1 saturated carbocycles. The van der Waals surface area contributed by atoms with Crippen LogP contribution in [0.2, 0.25) is 0 Å². The monoisotopic (exact) mass is 483 g/mol. The lowest BCUT2D eigenvalue weighted by atomic mass is 9.69. The Morgan fingerprint density at radius 1 is 1.06 bits per heavy atom. The van der Waals surface area contributed by atoms with Crippen LogP contribution in [0.4, 0.5) is 0 Å². The van der Waals surface area contributed by atoms with Crippen molar-refractivity contribution in [1.29, 1.82) is 5.26 Å². The molecule has 178 valence electrons. The van der Waals surface area contributed by atoms with Crippen molar-refractivity contribution in [1.82, 2.24) is 18.8 Å².